The number of rotatable bonds is 4. The lowest BCUT2D eigenvalue weighted by molar-refractivity contribution is 0.0234. The van der Waals surface area contributed by atoms with Crippen LogP contribution in [-0.4, -0.2) is 31.9 Å². The third-order valence-corrected chi connectivity index (χ3v) is 4.01. The minimum absolute atomic E-state index is 0.0293. The quantitative estimate of drug-likeness (QED) is 0.890. The molecule has 0 unspecified atom stereocenters. The van der Waals surface area contributed by atoms with E-state index in [2.05, 4.69) is 15.4 Å². The number of carbonyl (C=O) groups is 1. The number of halogens is 2. The van der Waals surface area contributed by atoms with Crippen molar-refractivity contribution in [3.63, 3.8) is 0 Å². The van der Waals surface area contributed by atoms with Crippen LogP contribution in [0.25, 0.3) is 0 Å². The standard InChI is InChI=1S/C15H16F2N4O2/c1-21-7-9(5-19-21)13(8-2-11(22)3-8)20-15(23)14-12(17)4-10(16)6-18-14/h4-8,11,13,22H,2-3H2,1H3,(H,20,23)/t8?,11?,13-/m1/s1. The summed E-state index contributed by atoms with van der Waals surface area (Å²) in [5.41, 5.74) is 0.306. The van der Waals surface area contributed by atoms with Gasteiger partial charge < -0.3 is 10.4 Å². The van der Waals surface area contributed by atoms with Crippen LogP contribution in [0.3, 0.4) is 0 Å². The monoisotopic (exact) mass is 322 g/mol. The zero-order valence-corrected chi connectivity index (χ0v) is 12.4. The molecular weight excluding hydrogens is 306 g/mol. The van der Waals surface area contributed by atoms with E-state index in [1.54, 1.807) is 24.1 Å². The fourth-order valence-corrected chi connectivity index (χ4v) is 2.77. The number of hydrogen-bond donors (Lipinski definition) is 2. The van der Waals surface area contributed by atoms with Gasteiger partial charge in [-0.25, -0.2) is 13.8 Å². The zero-order valence-electron chi connectivity index (χ0n) is 12.4. The van der Waals surface area contributed by atoms with Gasteiger partial charge in [-0.2, -0.15) is 5.10 Å². The lowest BCUT2D eigenvalue weighted by Gasteiger charge is -2.37. The van der Waals surface area contributed by atoms with E-state index in [0.29, 0.717) is 18.9 Å². The number of carbonyl (C=O) groups excluding carboxylic acids is 1. The van der Waals surface area contributed by atoms with Crippen molar-refractivity contribution in [3.05, 3.63) is 47.5 Å². The van der Waals surface area contributed by atoms with Crippen molar-refractivity contribution in [1.29, 1.82) is 0 Å². The first-order valence-corrected chi connectivity index (χ1v) is 7.22. The molecule has 0 spiro atoms. The van der Waals surface area contributed by atoms with Gasteiger partial charge in [0.2, 0.25) is 0 Å². The van der Waals surface area contributed by atoms with Crippen LogP contribution in [0.1, 0.15) is 34.9 Å². The molecule has 0 aromatic carbocycles. The molecule has 1 atom stereocenters. The van der Waals surface area contributed by atoms with Gasteiger partial charge in [0.25, 0.3) is 5.91 Å². The number of aliphatic hydroxyl groups is 1. The molecule has 8 heteroatoms. The van der Waals surface area contributed by atoms with Gasteiger partial charge in [-0.15, -0.1) is 0 Å². The number of amides is 1. The van der Waals surface area contributed by atoms with Gasteiger partial charge in [0.15, 0.2) is 11.5 Å². The van der Waals surface area contributed by atoms with Crippen LogP contribution in [0.15, 0.2) is 24.7 Å². The zero-order chi connectivity index (χ0) is 16.6. The first-order valence-electron chi connectivity index (χ1n) is 7.22. The average molecular weight is 322 g/mol. The second-order valence-electron chi connectivity index (χ2n) is 5.77. The molecule has 1 saturated carbocycles. The van der Waals surface area contributed by atoms with Gasteiger partial charge in [0.1, 0.15) is 5.82 Å². The van der Waals surface area contributed by atoms with Crippen LogP contribution < -0.4 is 5.32 Å². The van der Waals surface area contributed by atoms with E-state index < -0.39 is 35.4 Å². The fraction of sp³-hybridized carbons (Fsp3) is 0.400. The van der Waals surface area contributed by atoms with Gasteiger partial charge in [-0.3, -0.25) is 9.48 Å². The van der Waals surface area contributed by atoms with Crippen LogP contribution in [0.4, 0.5) is 8.78 Å². The van der Waals surface area contributed by atoms with Crippen molar-refractivity contribution in [3.8, 4) is 0 Å². The van der Waals surface area contributed by atoms with E-state index in [0.717, 1.165) is 11.8 Å². The minimum Gasteiger partial charge on any atom is -0.393 e. The normalized spacial score (nSPS) is 21.6. The Morgan fingerprint density at radius 1 is 1.43 bits per heavy atom. The van der Waals surface area contributed by atoms with Gasteiger partial charge in [-0.1, -0.05) is 0 Å². The third kappa shape index (κ3) is 3.21. The Hall–Kier alpha value is -2.35. The SMILES string of the molecule is Cn1cc([C@H](NC(=O)c2ncc(F)cc2F)C2CC(O)C2)cn1. The minimum atomic E-state index is -1.01. The summed E-state index contributed by atoms with van der Waals surface area (Å²) in [5, 5.41) is 16.3. The Morgan fingerprint density at radius 2 is 2.17 bits per heavy atom. The van der Waals surface area contributed by atoms with Crippen molar-refractivity contribution in [2.24, 2.45) is 13.0 Å². The third-order valence-electron chi connectivity index (χ3n) is 4.01. The summed E-state index contributed by atoms with van der Waals surface area (Å²) in [7, 11) is 1.75. The van der Waals surface area contributed by atoms with E-state index in [9.17, 15) is 18.7 Å². The van der Waals surface area contributed by atoms with Gasteiger partial charge >= 0.3 is 0 Å². The molecule has 6 nitrogen and oxygen atoms in total. The molecular formula is C15H16F2N4O2. The predicted molar refractivity (Wildman–Crippen MR) is 76.3 cm³/mol. The maximum absolute atomic E-state index is 13.7. The highest BCUT2D eigenvalue weighted by atomic mass is 19.1. The molecule has 0 saturated heterocycles. The predicted octanol–water partition coefficient (Wildman–Crippen LogP) is 1.34. The topological polar surface area (TPSA) is 80.0 Å². The molecule has 0 bridgehead atoms. The second-order valence-corrected chi connectivity index (χ2v) is 5.77. The summed E-state index contributed by atoms with van der Waals surface area (Å²) in [6.07, 6.45) is 4.85. The molecule has 0 radical (unpaired) electrons. The summed E-state index contributed by atoms with van der Waals surface area (Å²) in [6, 6.07) is 0.208. The van der Waals surface area contributed by atoms with Crippen molar-refractivity contribution in [2.45, 2.75) is 25.0 Å². The van der Waals surface area contributed by atoms with E-state index in [1.807, 2.05) is 0 Å². The number of aliphatic hydroxyl groups excluding tert-OH is 1. The Morgan fingerprint density at radius 3 is 2.74 bits per heavy atom. The number of pyridine rings is 1. The Bertz CT molecular complexity index is 728. The Balaban J connectivity index is 1.81. The summed E-state index contributed by atoms with van der Waals surface area (Å²) < 4.78 is 28.2. The van der Waals surface area contributed by atoms with Crippen molar-refractivity contribution in [1.82, 2.24) is 20.1 Å². The molecule has 23 heavy (non-hydrogen) atoms. The largest absolute Gasteiger partial charge is 0.393 e. The van der Waals surface area contributed by atoms with Crippen LogP contribution in [-0.2, 0) is 7.05 Å². The van der Waals surface area contributed by atoms with Gasteiger partial charge in [-0.05, 0) is 18.8 Å². The molecule has 2 N–H and O–H groups in total. The molecule has 1 amide bonds. The number of nitrogens with one attached hydrogen (secondary N) is 1. The average Bonchev–Trinajstić information content (AvgIpc) is 2.88. The molecule has 3 rings (SSSR count). The molecule has 2 aromatic heterocycles. The van der Waals surface area contributed by atoms with E-state index in [4.69, 9.17) is 0 Å². The summed E-state index contributed by atoms with van der Waals surface area (Å²) >= 11 is 0. The van der Waals surface area contributed by atoms with E-state index >= 15 is 0 Å². The number of hydrogen-bond acceptors (Lipinski definition) is 4. The lowest BCUT2D eigenvalue weighted by atomic mass is 9.75. The Labute approximate surface area is 131 Å². The fourth-order valence-electron chi connectivity index (χ4n) is 2.77. The molecule has 2 aromatic rings. The van der Waals surface area contributed by atoms with Crippen molar-refractivity contribution in [2.75, 3.05) is 0 Å². The molecule has 0 aliphatic heterocycles. The van der Waals surface area contributed by atoms with Gasteiger partial charge in [0.05, 0.1) is 24.5 Å². The smallest absolute Gasteiger partial charge is 0.273 e. The first kappa shape index (κ1) is 15.5. The number of aryl methyl sites for hydroxylation is 1. The Kier molecular flexibility index (Phi) is 4.08. The molecule has 1 aliphatic carbocycles. The maximum atomic E-state index is 13.7. The van der Waals surface area contributed by atoms with E-state index in [-0.39, 0.29) is 5.92 Å². The summed E-state index contributed by atoms with van der Waals surface area (Å²) in [6.45, 7) is 0. The van der Waals surface area contributed by atoms with Crippen LogP contribution in [0.2, 0.25) is 0 Å². The lowest BCUT2D eigenvalue weighted by Crippen LogP contribution is -2.41. The summed E-state index contributed by atoms with van der Waals surface area (Å²) in [5.74, 6) is -2.55. The van der Waals surface area contributed by atoms with Crippen LogP contribution >= 0.6 is 0 Å². The summed E-state index contributed by atoms with van der Waals surface area (Å²) in [4.78, 5) is 15.8. The number of nitrogens with zero attached hydrogens (tertiary/aromatic N) is 3. The van der Waals surface area contributed by atoms with Crippen molar-refractivity contribution >= 4 is 5.91 Å². The molecule has 2 heterocycles. The highest BCUT2D eigenvalue weighted by Gasteiger charge is 2.36. The molecule has 1 fully saturated rings. The first-order chi connectivity index (χ1) is 10.9. The van der Waals surface area contributed by atoms with Crippen LogP contribution in [0.5, 0.6) is 0 Å². The highest BCUT2D eigenvalue weighted by Crippen LogP contribution is 2.38. The van der Waals surface area contributed by atoms with Crippen molar-refractivity contribution < 1.29 is 18.7 Å². The maximum Gasteiger partial charge on any atom is 0.273 e. The highest BCUT2D eigenvalue weighted by molar-refractivity contribution is 5.92. The number of aromatic nitrogens is 3. The van der Waals surface area contributed by atoms with E-state index in [1.165, 1.54) is 0 Å². The van der Waals surface area contributed by atoms with Gasteiger partial charge in [0, 0.05) is 24.9 Å². The van der Waals surface area contributed by atoms with Crippen LogP contribution in [0, 0.1) is 17.6 Å². The second kappa shape index (κ2) is 6.04. The molecule has 122 valence electrons. The molecule has 1 aliphatic rings.